The number of rotatable bonds is 4. The van der Waals surface area contributed by atoms with E-state index in [2.05, 4.69) is 24.3 Å². The van der Waals surface area contributed by atoms with Gasteiger partial charge in [0, 0.05) is 18.1 Å². The molecule has 1 aromatic carbocycles. The molecule has 0 bridgehead atoms. The van der Waals surface area contributed by atoms with Gasteiger partial charge in [-0.2, -0.15) is 0 Å². The van der Waals surface area contributed by atoms with Gasteiger partial charge >= 0.3 is 0 Å². The molecule has 2 aliphatic rings. The van der Waals surface area contributed by atoms with Gasteiger partial charge in [0.1, 0.15) is 0 Å². The average molecular weight is 245 g/mol. The fourth-order valence-corrected chi connectivity index (χ4v) is 3.40. The fourth-order valence-electron chi connectivity index (χ4n) is 3.40. The van der Waals surface area contributed by atoms with Gasteiger partial charge in [0.15, 0.2) is 0 Å². The fraction of sp³-hybridized carbons (Fsp3) is 0.625. The maximum Gasteiger partial charge on any atom is 0.0559 e. The van der Waals surface area contributed by atoms with Crippen LogP contribution in [0.15, 0.2) is 24.3 Å². The molecule has 2 heteroatoms. The first-order valence-corrected chi connectivity index (χ1v) is 7.07. The Balaban J connectivity index is 1.90. The lowest BCUT2D eigenvalue weighted by Crippen LogP contribution is -2.33. The van der Waals surface area contributed by atoms with Gasteiger partial charge in [-0.1, -0.05) is 37.1 Å². The van der Waals surface area contributed by atoms with E-state index in [4.69, 9.17) is 10.5 Å². The van der Waals surface area contributed by atoms with Gasteiger partial charge < -0.3 is 10.5 Å². The number of ether oxygens (including phenoxy) is 1. The van der Waals surface area contributed by atoms with Crippen molar-refractivity contribution in [2.45, 2.75) is 49.5 Å². The molecule has 0 amide bonds. The molecule has 0 atom stereocenters. The van der Waals surface area contributed by atoms with Crippen LogP contribution in [0.3, 0.4) is 0 Å². The molecule has 0 spiro atoms. The van der Waals surface area contributed by atoms with Gasteiger partial charge in [0.05, 0.1) is 6.61 Å². The Hall–Kier alpha value is -0.860. The summed E-state index contributed by atoms with van der Waals surface area (Å²) in [5.41, 5.74) is 9.54. The molecule has 2 nitrogen and oxygen atoms in total. The van der Waals surface area contributed by atoms with Crippen molar-refractivity contribution in [3.63, 3.8) is 0 Å². The van der Waals surface area contributed by atoms with E-state index in [-0.39, 0.29) is 5.54 Å². The molecule has 98 valence electrons. The van der Waals surface area contributed by atoms with Crippen LogP contribution in [0.1, 0.15) is 49.7 Å². The first-order valence-electron chi connectivity index (χ1n) is 7.07. The Kier molecular flexibility index (Phi) is 2.95. The largest absolute Gasteiger partial charge is 0.384 e. The van der Waals surface area contributed by atoms with E-state index in [0.29, 0.717) is 5.41 Å². The van der Waals surface area contributed by atoms with E-state index in [1.165, 1.54) is 36.8 Å². The van der Waals surface area contributed by atoms with Gasteiger partial charge in [0.25, 0.3) is 0 Å². The highest BCUT2D eigenvalue weighted by molar-refractivity contribution is 5.38. The molecule has 1 aromatic rings. The quantitative estimate of drug-likeness (QED) is 0.884. The maximum absolute atomic E-state index is 6.56. The molecule has 2 saturated carbocycles. The topological polar surface area (TPSA) is 35.2 Å². The monoisotopic (exact) mass is 245 g/mol. The van der Waals surface area contributed by atoms with Gasteiger partial charge in [-0.15, -0.1) is 0 Å². The van der Waals surface area contributed by atoms with Crippen molar-refractivity contribution in [2.75, 3.05) is 13.7 Å². The number of hydrogen-bond donors (Lipinski definition) is 1. The maximum atomic E-state index is 6.56. The third-order valence-corrected chi connectivity index (χ3v) is 4.82. The van der Waals surface area contributed by atoms with Crippen molar-refractivity contribution in [3.8, 4) is 0 Å². The third kappa shape index (κ3) is 1.98. The van der Waals surface area contributed by atoms with E-state index >= 15 is 0 Å². The molecule has 0 heterocycles. The van der Waals surface area contributed by atoms with Gasteiger partial charge in [-0.25, -0.2) is 0 Å². The summed E-state index contributed by atoms with van der Waals surface area (Å²) in [6, 6.07) is 8.97. The molecular weight excluding hydrogens is 222 g/mol. The second-order valence-electron chi connectivity index (χ2n) is 6.16. The Morgan fingerprint density at radius 3 is 2.39 bits per heavy atom. The number of hydrogen-bond acceptors (Lipinski definition) is 2. The summed E-state index contributed by atoms with van der Waals surface area (Å²) < 4.78 is 5.38. The molecule has 18 heavy (non-hydrogen) atoms. The standard InChI is InChI=1S/C16H23NO/c1-18-12-15(9-10-15)13-5-4-6-14(11-13)16(17)7-2-3-8-16/h4-6,11H,2-3,7-10,12,17H2,1H3. The summed E-state index contributed by atoms with van der Waals surface area (Å²) in [4.78, 5) is 0. The van der Waals surface area contributed by atoms with Crippen LogP contribution in [0.2, 0.25) is 0 Å². The van der Waals surface area contributed by atoms with Crippen LogP contribution in [0, 0.1) is 0 Å². The van der Waals surface area contributed by atoms with Crippen molar-refractivity contribution in [1.82, 2.24) is 0 Å². The Labute approximate surface area is 110 Å². The van der Waals surface area contributed by atoms with E-state index in [1.807, 2.05) is 0 Å². The molecule has 2 fully saturated rings. The molecule has 3 rings (SSSR count). The van der Waals surface area contributed by atoms with Crippen LogP contribution in [0.5, 0.6) is 0 Å². The second-order valence-corrected chi connectivity index (χ2v) is 6.16. The van der Waals surface area contributed by atoms with Crippen molar-refractivity contribution < 1.29 is 4.74 Å². The van der Waals surface area contributed by atoms with Crippen LogP contribution in [0.25, 0.3) is 0 Å². The summed E-state index contributed by atoms with van der Waals surface area (Å²) in [5, 5.41) is 0. The molecular formula is C16H23NO. The van der Waals surface area contributed by atoms with Crippen LogP contribution >= 0.6 is 0 Å². The molecule has 0 radical (unpaired) electrons. The van der Waals surface area contributed by atoms with Gasteiger partial charge in [-0.3, -0.25) is 0 Å². The summed E-state index contributed by atoms with van der Waals surface area (Å²) in [6.07, 6.45) is 7.30. The number of methoxy groups -OCH3 is 1. The lowest BCUT2D eigenvalue weighted by molar-refractivity contribution is 0.171. The summed E-state index contributed by atoms with van der Waals surface area (Å²) in [7, 11) is 1.80. The van der Waals surface area contributed by atoms with Crippen molar-refractivity contribution in [2.24, 2.45) is 5.73 Å². The lowest BCUT2D eigenvalue weighted by atomic mass is 9.85. The average Bonchev–Trinajstić information content (AvgIpc) is 3.04. The van der Waals surface area contributed by atoms with Crippen molar-refractivity contribution in [3.05, 3.63) is 35.4 Å². The molecule has 2 aliphatic carbocycles. The van der Waals surface area contributed by atoms with Crippen molar-refractivity contribution >= 4 is 0 Å². The summed E-state index contributed by atoms with van der Waals surface area (Å²) in [5.74, 6) is 0. The molecule has 0 aliphatic heterocycles. The van der Waals surface area contributed by atoms with Gasteiger partial charge in [0.2, 0.25) is 0 Å². The normalized spacial score (nSPS) is 24.1. The zero-order valence-corrected chi connectivity index (χ0v) is 11.2. The smallest absolute Gasteiger partial charge is 0.0559 e. The summed E-state index contributed by atoms with van der Waals surface area (Å²) >= 11 is 0. The Bertz CT molecular complexity index is 430. The zero-order valence-electron chi connectivity index (χ0n) is 11.2. The van der Waals surface area contributed by atoms with Crippen LogP contribution < -0.4 is 5.73 Å². The second kappa shape index (κ2) is 4.36. The minimum absolute atomic E-state index is 0.0703. The minimum Gasteiger partial charge on any atom is -0.384 e. The predicted molar refractivity (Wildman–Crippen MR) is 73.6 cm³/mol. The number of nitrogens with two attached hydrogens (primary N) is 1. The molecule has 0 saturated heterocycles. The highest BCUT2D eigenvalue weighted by atomic mass is 16.5. The highest BCUT2D eigenvalue weighted by Gasteiger charge is 2.44. The zero-order chi connectivity index (χ0) is 12.6. The minimum atomic E-state index is -0.0703. The van der Waals surface area contributed by atoms with E-state index in [1.54, 1.807) is 7.11 Å². The van der Waals surface area contributed by atoms with E-state index in [9.17, 15) is 0 Å². The Morgan fingerprint density at radius 2 is 1.78 bits per heavy atom. The predicted octanol–water partition coefficient (Wildman–Crippen LogP) is 3.09. The van der Waals surface area contributed by atoms with Crippen molar-refractivity contribution in [1.29, 1.82) is 0 Å². The molecule has 0 unspecified atom stereocenters. The first kappa shape index (κ1) is 12.2. The van der Waals surface area contributed by atoms with Crippen LogP contribution in [-0.4, -0.2) is 13.7 Å². The number of benzene rings is 1. The lowest BCUT2D eigenvalue weighted by Gasteiger charge is -2.26. The highest BCUT2D eigenvalue weighted by Crippen LogP contribution is 2.49. The third-order valence-electron chi connectivity index (χ3n) is 4.82. The van der Waals surface area contributed by atoms with E-state index in [0.717, 1.165) is 19.4 Å². The van der Waals surface area contributed by atoms with Gasteiger partial charge in [-0.05, 0) is 36.8 Å². The Morgan fingerprint density at radius 1 is 1.11 bits per heavy atom. The molecule has 0 aromatic heterocycles. The van der Waals surface area contributed by atoms with Crippen LogP contribution in [0.4, 0.5) is 0 Å². The summed E-state index contributed by atoms with van der Waals surface area (Å²) in [6.45, 7) is 0.841. The SMILES string of the molecule is COCC1(c2cccc(C3(N)CCCC3)c2)CC1. The first-order chi connectivity index (χ1) is 8.69. The van der Waals surface area contributed by atoms with E-state index < -0.39 is 0 Å². The van der Waals surface area contributed by atoms with Crippen LogP contribution in [-0.2, 0) is 15.7 Å². The molecule has 2 N–H and O–H groups in total.